The molecule has 0 aliphatic carbocycles. The van der Waals surface area contributed by atoms with Gasteiger partial charge in [0.2, 0.25) is 0 Å². The Kier molecular flexibility index (Phi) is 7.70. The molecule has 0 saturated carbocycles. The number of furan rings is 1. The molecule has 0 atom stereocenters. The molecule has 2 heterocycles. The molecule has 1 amide bonds. The fraction of sp³-hybridized carbons (Fsp3) is 0.100. The van der Waals surface area contributed by atoms with Crippen LogP contribution in [0.15, 0.2) is 111 Å². The van der Waals surface area contributed by atoms with E-state index < -0.39 is 0 Å². The van der Waals surface area contributed by atoms with Crippen molar-refractivity contribution in [2.24, 2.45) is 10.2 Å². The van der Waals surface area contributed by atoms with Crippen LogP contribution in [0.1, 0.15) is 16.9 Å². The molecular formula is C30H25N3O4S. The number of methoxy groups -OCH3 is 2. The lowest BCUT2D eigenvalue weighted by molar-refractivity contribution is -0.122. The standard InChI is InChI=1S/C30H25N3O4S/c1-35-26-15-12-22(17-27(26)36-2)18-28-29(34)33(20-25-9-6-16-37-25)30(38-28)32-31-19-21-10-13-24(14-11-21)23-7-4-3-5-8-23/h3-19H,20H2,1-2H3/b28-18-,31-19-,32-30+. The zero-order valence-electron chi connectivity index (χ0n) is 20.9. The average Bonchev–Trinajstić information content (AvgIpc) is 3.58. The largest absolute Gasteiger partial charge is 0.493 e. The molecule has 8 heteroatoms. The highest BCUT2D eigenvalue weighted by molar-refractivity contribution is 8.18. The van der Waals surface area contributed by atoms with Crippen molar-refractivity contribution in [1.82, 2.24) is 4.90 Å². The monoisotopic (exact) mass is 523 g/mol. The van der Waals surface area contributed by atoms with Gasteiger partial charge in [-0.05, 0) is 64.4 Å². The predicted molar refractivity (Wildman–Crippen MR) is 151 cm³/mol. The third-order valence-electron chi connectivity index (χ3n) is 5.86. The van der Waals surface area contributed by atoms with Gasteiger partial charge in [-0.3, -0.25) is 9.69 Å². The molecule has 0 unspecified atom stereocenters. The highest BCUT2D eigenvalue weighted by Gasteiger charge is 2.34. The molecule has 7 nitrogen and oxygen atoms in total. The molecule has 1 aliphatic rings. The van der Waals surface area contributed by atoms with Crippen molar-refractivity contribution in [3.63, 3.8) is 0 Å². The van der Waals surface area contributed by atoms with Crippen LogP contribution >= 0.6 is 11.8 Å². The Balaban J connectivity index is 1.39. The lowest BCUT2D eigenvalue weighted by Crippen LogP contribution is -2.28. The van der Waals surface area contributed by atoms with Crippen molar-refractivity contribution >= 4 is 35.1 Å². The first-order valence-electron chi connectivity index (χ1n) is 11.9. The fourth-order valence-electron chi connectivity index (χ4n) is 3.91. The second kappa shape index (κ2) is 11.7. The first-order valence-corrected chi connectivity index (χ1v) is 12.7. The summed E-state index contributed by atoms with van der Waals surface area (Å²) in [5.74, 6) is 1.68. The van der Waals surface area contributed by atoms with Crippen molar-refractivity contribution in [1.29, 1.82) is 0 Å². The fourth-order valence-corrected chi connectivity index (χ4v) is 4.85. The molecule has 1 fully saturated rings. The SMILES string of the molecule is COc1ccc(/C=C2\S/C(=N/N=C\c3ccc(-c4ccccc4)cc3)N(Cc3ccco3)C2=O)cc1OC. The second-order valence-electron chi connectivity index (χ2n) is 8.31. The molecule has 0 spiro atoms. The van der Waals surface area contributed by atoms with Crippen LogP contribution < -0.4 is 9.47 Å². The molecule has 1 aliphatic heterocycles. The van der Waals surface area contributed by atoms with Crippen LogP contribution in [-0.2, 0) is 11.3 Å². The lowest BCUT2D eigenvalue weighted by Gasteiger charge is -2.12. The molecule has 1 saturated heterocycles. The Hall–Kier alpha value is -4.56. The van der Waals surface area contributed by atoms with Crippen molar-refractivity contribution in [3.8, 4) is 22.6 Å². The molecular weight excluding hydrogens is 498 g/mol. The average molecular weight is 524 g/mol. The van der Waals surface area contributed by atoms with E-state index in [1.165, 1.54) is 11.8 Å². The van der Waals surface area contributed by atoms with Gasteiger partial charge in [-0.25, -0.2) is 0 Å². The number of benzene rings is 3. The molecule has 3 aromatic carbocycles. The summed E-state index contributed by atoms with van der Waals surface area (Å²) in [6, 6.07) is 27.4. The topological polar surface area (TPSA) is 76.6 Å². The molecule has 38 heavy (non-hydrogen) atoms. The smallest absolute Gasteiger partial charge is 0.267 e. The summed E-state index contributed by atoms with van der Waals surface area (Å²) in [5, 5.41) is 9.14. The van der Waals surface area contributed by atoms with E-state index in [2.05, 4.69) is 22.3 Å². The van der Waals surface area contributed by atoms with Crippen LogP contribution in [-0.4, -0.2) is 36.4 Å². The second-order valence-corrected chi connectivity index (χ2v) is 9.32. The normalized spacial score (nSPS) is 15.6. The van der Waals surface area contributed by atoms with Gasteiger partial charge >= 0.3 is 0 Å². The van der Waals surface area contributed by atoms with Crippen LogP contribution in [0.5, 0.6) is 11.5 Å². The molecule has 0 N–H and O–H groups in total. The van der Waals surface area contributed by atoms with Crippen LogP contribution in [0, 0.1) is 0 Å². The number of amidine groups is 1. The summed E-state index contributed by atoms with van der Waals surface area (Å²) in [6.07, 6.45) is 5.06. The summed E-state index contributed by atoms with van der Waals surface area (Å²) in [5.41, 5.74) is 3.99. The Labute approximate surface area is 225 Å². The summed E-state index contributed by atoms with van der Waals surface area (Å²) in [7, 11) is 3.16. The van der Waals surface area contributed by atoms with Gasteiger partial charge in [-0.2, -0.15) is 5.10 Å². The Bertz CT molecular complexity index is 1490. The first-order chi connectivity index (χ1) is 18.6. The number of hydrogen-bond acceptors (Lipinski definition) is 7. The van der Waals surface area contributed by atoms with E-state index in [-0.39, 0.29) is 12.5 Å². The van der Waals surface area contributed by atoms with Crippen molar-refractivity contribution < 1.29 is 18.7 Å². The number of carbonyl (C=O) groups is 1. The zero-order valence-corrected chi connectivity index (χ0v) is 21.7. The van der Waals surface area contributed by atoms with Crippen molar-refractivity contribution in [2.45, 2.75) is 6.54 Å². The summed E-state index contributed by atoms with van der Waals surface area (Å²) in [4.78, 5) is 15.4. The third-order valence-corrected chi connectivity index (χ3v) is 6.85. The summed E-state index contributed by atoms with van der Waals surface area (Å²) in [6.45, 7) is 0.252. The van der Waals surface area contributed by atoms with Gasteiger partial charge in [0.1, 0.15) is 5.76 Å². The molecule has 4 aromatic rings. The highest BCUT2D eigenvalue weighted by atomic mass is 32.2. The van der Waals surface area contributed by atoms with Crippen LogP contribution in [0.3, 0.4) is 0 Å². The van der Waals surface area contributed by atoms with Crippen LogP contribution in [0.2, 0.25) is 0 Å². The maximum atomic E-state index is 13.3. The van der Waals surface area contributed by atoms with Gasteiger partial charge < -0.3 is 13.9 Å². The van der Waals surface area contributed by atoms with Gasteiger partial charge in [0.25, 0.3) is 5.91 Å². The predicted octanol–water partition coefficient (Wildman–Crippen LogP) is 6.47. The number of hydrogen-bond donors (Lipinski definition) is 0. The Morgan fingerprint density at radius 2 is 1.61 bits per heavy atom. The van der Waals surface area contributed by atoms with E-state index in [0.29, 0.717) is 27.3 Å². The van der Waals surface area contributed by atoms with Crippen molar-refractivity contribution in [3.05, 3.63) is 113 Å². The number of amides is 1. The molecule has 190 valence electrons. The van der Waals surface area contributed by atoms with E-state index in [0.717, 1.165) is 22.3 Å². The number of rotatable bonds is 8. The molecule has 0 radical (unpaired) electrons. The minimum absolute atomic E-state index is 0.178. The summed E-state index contributed by atoms with van der Waals surface area (Å²) < 4.78 is 16.2. The minimum Gasteiger partial charge on any atom is -0.493 e. The van der Waals surface area contributed by atoms with Gasteiger partial charge in [0.15, 0.2) is 16.7 Å². The van der Waals surface area contributed by atoms with E-state index in [1.807, 2.05) is 60.7 Å². The van der Waals surface area contributed by atoms with E-state index >= 15 is 0 Å². The van der Waals surface area contributed by atoms with Crippen LogP contribution in [0.25, 0.3) is 17.2 Å². The summed E-state index contributed by atoms with van der Waals surface area (Å²) >= 11 is 1.26. The quantitative estimate of drug-likeness (QED) is 0.150. The van der Waals surface area contributed by atoms with E-state index in [4.69, 9.17) is 13.9 Å². The Morgan fingerprint density at radius 1 is 0.868 bits per heavy atom. The zero-order chi connectivity index (χ0) is 26.3. The Morgan fingerprint density at radius 3 is 2.32 bits per heavy atom. The lowest BCUT2D eigenvalue weighted by atomic mass is 10.0. The third kappa shape index (κ3) is 5.71. The first kappa shape index (κ1) is 25.1. The van der Waals surface area contributed by atoms with E-state index in [1.54, 1.807) is 49.8 Å². The maximum Gasteiger partial charge on any atom is 0.267 e. The molecule has 5 rings (SSSR count). The number of nitrogens with zero attached hydrogens (tertiary/aromatic N) is 3. The number of ether oxygens (including phenoxy) is 2. The maximum absolute atomic E-state index is 13.3. The number of carbonyl (C=O) groups excluding carboxylic acids is 1. The van der Waals surface area contributed by atoms with E-state index in [9.17, 15) is 4.79 Å². The van der Waals surface area contributed by atoms with Gasteiger partial charge in [-0.1, -0.05) is 60.7 Å². The molecule has 0 bridgehead atoms. The highest BCUT2D eigenvalue weighted by Crippen LogP contribution is 2.35. The van der Waals surface area contributed by atoms with Crippen LogP contribution in [0.4, 0.5) is 0 Å². The molecule has 1 aromatic heterocycles. The number of thioether (sulfide) groups is 1. The minimum atomic E-state index is -0.178. The van der Waals surface area contributed by atoms with Crippen molar-refractivity contribution in [2.75, 3.05) is 14.2 Å². The van der Waals surface area contributed by atoms with Gasteiger partial charge in [-0.15, -0.1) is 5.10 Å². The van der Waals surface area contributed by atoms with Gasteiger partial charge in [0.05, 0.1) is 38.1 Å². The van der Waals surface area contributed by atoms with Gasteiger partial charge in [0, 0.05) is 0 Å².